The minimum Gasteiger partial charge on any atom is -0.507 e. The SMILES string of the molecule is CC(=O)Nc1cc(O)c(C(=O)O)cc1/N=N/c1ccccc1. The number of phenols is 1. The third-order valence-corrected chi connectivity index (χ3v) is 2.68. The summed E-state index contributed by atoms with van der Waals surface area (Å²) in [6.07, 6.45) is 0. The number of rotatable bonds is 4. The average molecular weight is 299 g/mol. The maximum atomic E-state index is 11.2. The first-order valence-electron chi connectivity index (χ1n) is 6.32. The maximum absolute atomic E-state index is 11.2. The zero-order valence-electron chi connectivity index (χ0n) is 11.6. The van der Waals surface area contributed by atoms with Crippen molar-refractivity contribution < 1.29 is 19.8 Å². The van der Waals surface area contributed by atoms with Crippen molar-refractivity contribution in [3.63, 3.8) is 0 Å². The van der Waals surface area contributed by atoms with E-state index in [0.717, 1.165) is 12.1 Å². The number of azo groups is 1. The second-order valence-corrected chi connectivity index (χ2v) is 4.41. The minimum atomic E-state index is -1.30. The quantitative estimate of drug-likeness (QED) is 0.750. The summed E-state index contributed by atoms with van der Waals surface area (Å²) in [6.45, 7) is 1.29. The number of anilines is 1. The number of nitrogens with one attached hydrogen (secondary N) is 1. The molecule has 0 saturated heterocycles. The van der Waals surface area contributed by atoms with Crippen LogP contribution in [-0.2, 0) is 4.79 Å². The highest BCUT2D eigenvalue weighted by molar-refractivity contribution is 5.97. The number of nitrogens with zero attached hydrogens (tertiary/aromatic N) is 2. The molecule has 2 rings (SSSR count). The fourth-order valence-electron chi connectivity index (χ4n) is 1.73. The van der Waals surface area contributed by atoms with Crippen LogP contribution in [0.15, 0.2) is 52.7 Å². The van der Waals surface area contributed by atoms with E-state index < -0.39 is 11.7 Å². The van der Waals surface area contributed by atoms with Crippen LogP contribution in [0.5, 0.6) is 5.75 Å². The lowest BCUT2D eigenvalue weighted by molar-refractivity contribution is -0.114. The molecule has 0 heterocycles. The number of aromatic carboxylic acids is 1. The lowest BCUT2D eigenvalue weighted by Crippen LogP contribution is -2.07. The molecule has 0 aliphatic rings. The number of benzene rings is 2. The zero-order chi connectivity index (χ0) is 16.1. The molecule has 112 valence electrons. The highest BCUT2D eigenvalue weighted by Gasteiger charge is 2.15. The molecule has 0 unspecified atom stereocenters. The third kappa shape index (κ3) is 3.66. The lowest BCUT2D eigenvalue weighted by Gasteiger charge is -2.08. The molecule has 7 nitrogen and oxygen atoms in total. The van der Waals surface area contributed by atoms with Crippen LogP contribution in [-0.4, -0.2) is 22.1 Å². The van der Waals surface area contributed by atoms with E-state index in [4.69, 9.17) is 5.11 Å². The van der Waals surface area contributed by atoms with Crippen molar-refractivity contribution >= 4 is 28.9 Å². The van der Waals surface area contributed by atoms with Crippen LogP contribution in [0.4, 0.5) is 17.1 Å². The van der Waals surface area contributed by atoms with E-state index in [1.54, 1.807) is 24.3 Å². The van der Waals surface area contributed by atoms with Crippen molar-refractivity contribution in [2.75, 3.05) is 5.32 Å². The van der Waals surface area contributed by atoms with Crippen molar-refractivity contribution in [1.29, 1.82) is 0 Å². The molecular formula is C15H13N3O4. The summed E-state index contributed by atoms with van der Waals surface area (Å²) >= 11 is 0. The van der Waals surface area contributed by atoms with E-state index in [2.05, 4.69) is 15.5 Å². The van der Waals surface area contributed by atoms with Gasteiger partial charge in [-0.05, 0) is 18.2 Å². The molecule has 0 aromatic heterocycles. The number of carboxylic acids is 1. The maximum Gasteiger partial charge on any atom is 0.339 e. The molecule has 0 bridgehead atoms. The summed E-state index contributed by atoms with van der Waals surface area (Å²) in [5, 5.41) is 29.1. The van der Waals surface area contributed by atoms with E-state index in [9.17, 15) is 14.7 Å². The van der Waals surface area contributed by atoms with E-state index >= 15 is 0 Å². The second kappa shape index (κ2) is 6.49. The molecule has 7 heteroatoms. The molecular weight excluding hydrogens is 286 g/mol. The average Bonchev–Trinajstić information content (AvgIpc) is 2.46. The van der Waals surface area contributed by atoms with Crippen LogP contribution >= 0.6 is 0 Å². The molecule has 0 saturated carbocycles. The summed E-state index contributed by atoms with van der Waals surface area (Å²) in [6, 6.07) is 11.1. The van der Waals surface area contributed by atoms with Gasteiger partial charge in [0.1, 0.15) is 17.0 Å². The van der Waals surface area contributed by atoms with Gasteiger partial charge in [-0.15, -0.1) is 5.11 Å². The Balaban J connectivity index is 2.46. The number of carbonyl (C=O) groups is 2. The molecule has 1 amide bonds. The Kier molecular flexibility index (Phi) is 4.47. The number of carboxylic acid groups (broad SMARTS) is 1. The van der Waals surface area contributed by atoms with Crippen molar-refractivity contribution in [2.45, 2.75) is 6.92 Å². The highest BCUT2D eigenvalue weighted by Crippen LogP contribution is 2.33. The summed E-state index contributed by atoms with van der Waals surface area (Å²) in [5.74, 6) is -2.14. The Morgan fingerprint density at radius 1 is 1.09 bits per heavy atom. The van der Waals surface area contributed by atoms with Gasteiger partial charge >= 0.3 is 5.97 Å². The Hall–Kier alpha value is -3.22. The predicted molar refractivity (Wildman–Crippen MR) is 80.0 cm³/mol. The fourth-order valence-corrected chi connectivity index (χ4v) is 1.73. The summed E-state index contributed by atoms with van der Waals surface area (Å²) in [7, 11) is 0. The number of hydrogen-bond donors (Lipinski definition) is 3. The van der Waals surface area contributed by atoms with Crippen LogP contribution in [0.3, 0.4) is 0 Å². The first-order chi connectivity index (χ1) is 10.5. The number of hydrogen-bond acceptors (Lipinski definition) is 5. The molecule has 2 aromatic rings. The van der Waals surface area contributed by atoms with Gasteiger partial charge in [-0.1, -0.05) is 18.2 Å². The Bertz CT molecular complexity index is 742. The van der Waals surface area contributed by atoms with E-state index in [0.29, 0.717) is 5.69 Å². The first kappa shape index (κ1) is 15.2. The van der Waals surface area contributed by atoms with Gasteiger partial charge in [-0.3, -0.25) is 4.79 Å². The van der Waals surface area contributed by atoms with Gasteiger partial charge in [0.2, 0.25) is 5.91 Å². The summed E-state index contributed by atoms with van der Waals surface area (Å²) < 4.78 is 0. The van der Waals surface area contributed by atoms with Crippen LogP contribution in [0.1, 0.15) is 17.3 Å². The number of carbonyl (C=O) groups excluding carboxylic acids is 1. The standard InChI is InChI=1S/C15H13N3O4/c1-9(19)16-12-8-14(20)11(15(21)22)7-13(12)18-17-10-5-3-2-4-6-10/h2-8,20H,1H3,(H,16,19)(H,21,22)/b18-17+. The van der Waals surface area contributed by atoms with E-state index in [1.807, 2.05) is 6.07 Å². The number of amides is 1. The van der Waals surface area contributed by atoms with Crippen LogP contribution in [0.25, 0.3) is 0 Å². The van der Waals surface area contributed by atoms with Crippen molar-refractivity contribution in [1.82, 2.24) is 0 Å². The van der Waals surface area contributed by atoms with Gasteiger partial charge in [-0.2, -0.15) is 5.11 Å². The van der Waals surface area contributed by atoms with E-state index in [-0.39, 0.29) is 22.8 Å². The highest BCUT2D eigenvalue weighted by atomic mass is 16.4. The smallest absolute Gasteiger partial charge is 0.339 e. The Labute approximate surface area is 125 Å². The normalized spacial score (nSPS) is 10.6. The predicted octanol–water partition coefficient (Wildman–Crippen LogP) is 3.46. The molecule has 0 spiro atoms. The monoisotopic (exact) mass is 299 g/mol. The molecule has 2 aromatic carbocycles. The Morgan fingerprint density at radius 3 is 2.36 bits per heavy atom. The molecule has 3 N–H and O–H groups in total. The van der Waals surface area contributed by atoms with Gasteiger partial charge in [0, 0.05) is 13.0 Å². The zero-order valence-corrected chi connectivity index (χ0v) is 11.6. The third-order valence-electron chi connectivity index (χ3n) is 2.68. The Morgan fingerprint density at radius 2 is 1.77 bits per heavy atom. The second-order valence-electron chi connectivity index (χ2n) is 4.41. The molecule has 0 aliphatic heterocycles. The van der Waals surface area contributed by atoms with Crippen molar-refractivity contribution in [3.05, 3.63) is 48.0 Å². The molecule has 0 aliphatic carbocycles. The van der Waals surface area contributed by atoms with Gasteiger partial charge in [-0.25, -0.2) is 4.79 Å². The number of aromatic hydroxyl groups is 1. The van der Waals surface area contributed by atoms with Gasteiger partial charge in [0.05, 0.1) is 11.4 Å². The van der Waals surface area contributed by atoms with Crippen LogP contribution < -0.4 is 5.32 Å². The van der Waals surface area contributed by atoms with E-state index in [1.165, 1.54) is 6.92 Å². The topological polar surface area (TPSA) is 111 Å². The first-order valence-corrected chi connectivity index (χ1v) is 6.32. The largest absolute Gasteiger partial charge is 0.507 e. The molecule has 0 radical (unpaired) electrons. The van der Waals surface area contributed by atoms with Crippen LogP contribution in [0, 0.1) is 0 Å². The molecule has 0 fully saturated rings. The van der Waals surface area contributed by atoms with Crippen molar-refractivity contribution in [3.8, 4) is 5.75 Å². The molecule has 0 atom stereocenters. The lowest BCUT2D eigenvalue weighted by atomic mass is 10.1. The van der Waals surface area contributed by atoms with Gasteiger partial charge in [0.25, 0.3) is 0 Å². The minimum absolute atomic E-state index is 0.134. The summed E-state index contributed by atoms with van der Waals surface area (Å²) in [5.41, 5.74) is 0.557. The summed E-state index contributed by atoms with van der Waals surface area (Å²) in [4.78, 5) is 22.3. The van der Waals surface area contributed by atoms with Gasteiger partial charge in [0.15, 0.2) is 0 Å². The van der Waals surface area contributed by atoms with Gasteiger partial charge < -0.3 is 15.5 Å². The van der Waals surface area contributed by atoms with Crippen molar-refractivity contribution in [2.24, 2.45) is 10.2 Å². The molecule has 22 heavy (non-hydrogen) atoms. The fraction of sp³-hybridized carbons (Fsp3) is 0.0667. The van der Waals surface area contributed by atoms with Crippen LogP contribution in [0.2, 0.25) is 0 Å².